The first-order valence-corrected chi connectivity index (χ1v) is 7.78. The van der Waals surface area contributed by atoms with Crippen LogP contribution in [0.3, 0.4) is 0 Å². The standard InChI is InChI=1S/C16H18N6O/c1-20-10-13(9-19-20)15(23)21-7-2-3-12(11-21)14-4-5-17-16-18-6-8-22(14)16/h4-6,8-10,12H,2-3,7,11H2,1H3. The summed E-state index contributed by atoms with van der Waals surface area (Å²) in [6.45, 7) is 1.51. The Kier molecular flexibility index (Phi) is 3.33. The highest BCUT2D eigenvalue weighted by molar-refractivity contribution is 5.93. The number of aromatic nitrogens is 5. The monoisotopic (exact) mass is 310 g/mol. The maximum Gasteiger partial charge on any atom is 0.257 e. The Balaban J connectivity index is 1.60. The Labute approximate surface area is 133 Å². The molecule has 0 aliphatic carbocycles. The predicted molar refractivity (Wildman–Crippen MR) is 84.1 cm³/mol. The minimum atomic E-state index is 0.0544. The number of piperidine rings is 1. The Morgan fingerprint density at radius 2 is 2.17 bits per heavy atom. The van der Waals surface area contributed by atoms with Crippen LogP contribution in [0.15, 0.2) is 37.1 Å². The highest BCUT2D eigenvalue weighted by atomic mass is 16.2. The predicted octanol–water partition coefficient (Wildman–Crippen LogP) is 1.48. The molecule has 4 heterocycles. The van der Waals surface area contributed by atoms with Crippen molar-refractivity contribution in [1.82, 2.24) is 29.0 Å². The van der Waals surface area contributed by atoms with Crippen LogP contribution in [0.25, 0.3) is 5.78 Å². The lowest BCUT2D eigenvalue weighted by atomic mass is 9.94. The molecule has 7 nitrogen and oxygen atoms in total. The SMILES string of the molecule is Cn1cc(C(=O)N2CCCC(c3ccnc4nccn34)C2)cn1. The second kappa shape index (κ2) is 5.49. The molecule has 0 spiro atoms. The van der Waals surface area contributed by atoms with Crippen LogP contribution in [-0.2, 0) is 7.05 Å². The van der Waals surface area contributed by atoms with Gasteiger partial charge in [-0.2, -0.15) is 5.10 Å². The highest BCUT2D eigenvalue weighted by Crippen LogP contribution is 2.27. The van der Waals surface area contributed by atoms with E-state index in [0.29, 0.717) is 23.8 Å². The van der Waals surface area contributed by atoms with Gasteiger partial charge in [0.05, 0.1) is 11.8 Å². The van der Waals surface area contributed by atoms with Gasteiger partial charge in [0.2, 0.25) is 5.78 Å². The van der Waals surface area contributed by atoms with E-state index in [9.17, 15) is 4.79 Å². The molecule has 1 aliphatic heterocycles. The minimum Gasteiger partial charge on any atom is -0.338 e. The summed E-state index contributed by atoms with van der Waals surface area (Å²) >= 11 is 0. The van der Waals surface area contributed by atoms with E-state index in [1.807, 2.05) is 28.6 Å². The molecule has 1 unspecified atom stereocenters. The normalized spacial score (nSPS) is 18.5. The summed E-state index contributed by atoms with van der Waals surface area (Å²) in [5.74, 6) is 1.06. The first-order valence-electron chi connectivity index (χ1n) is 7.78. The number of hydrogen-bond acceptors (Lipinski definition) is 4. The van der Waals surface area contributed by atoms with Crippen LogP contribution in [-0.4, -0.2) is 48.0 Å². The van der Waals surface area contributed by atoms with Crippen LogP contribution in [0.2, 0.25) is 0 Å². The van der Waals surface area contributed by atoms with Crippen molar-refractivity contribution >= 4 is 11.7 Å². The zero-order valence-corrected chi connectivity index (χ0v) is 13.0. The molecule has 4 rings (SSSR count). The van der Waals surface area contributed by atoms with Gasteiger partial charge in [0.1, 0.15) is 0 Å². The van der Waals surface area contributed by atoms with Gasteiger partial charge in [0, 0.05) is 56.5 Å². The molecular weight excluding hydrogens is 292 g/mol. The zero-order chi connectivity index (χ0) is 15.8. The van der Waals surface area contributed by atoms with Crippen LogP contribution >= 0.6 is 0 Å². The molecular formula is C16H18N6O. The number of likely N-dealkylation sites (tertiary alicyclic amines) is 1. The van der Waals surface area contributed by atoms with Crippen LogP contribution in [0, 0.1) is 0 Å². The Morgan fingerprint density at radius 3 is 3.00 bits per heavy atom. The third-order valence-corrected chi connectivity index (χ3v) is 4.41. The first-order chi connectivity index (χ1) is 11.2. The summed E-state index contributed by atoms with van der Waals surface area (Å²) in [5.41, 5.74) is 1.81. The molecule has 7 heteroatoms. The van der Waals surface area contributed by atoms with Crippen molar-refractivity contribution in [2.24, 2.45) is 7.05 Å². The molecule has 1 atom stereocenters. The van der Waals surface area contributed by atoms with Gasteiger partial charge in [0.25, 0.3) is 5.91 Å². The van der Waals surface area contributed by atoms with E-state index in [-0.39, 0.29) is 5.91 Å². The van der Waals surface area contributed by atoms with Crippen molar-refractivity contribution in [3.63, 3.8) is 0 Å². The maximum atomic E-state index is 12.6. The van der Waals surface area contributed by atoms with Gasteiger partial charge in [-0.15, -0.1) is 0 Å². The molecule has 0 aromatic carbocycles. The van der Waals surface area contributed by atoms with E-state index < -0.39 is 0 Å². The molecule has 3 aromatic heterocycles. The maximum absolute atomic E-state index is 12.6. The molecule has 0 saturated carbocycles. The van der Waals surface area contributed by atoms with Gasteiger partial charge in [-0.25, -0.2) is 9.97 Å². The molecule has 1 fully saturated rings. The molecule has 1 amide bonds. The fourth-order valence-electron chi connectivity index (χ4n) is 3.30. The largest absolute Gasteiger partial charge is 0.338 e. The summed E-state index contributed by atoms with van der Waals surface area (Å²) in [4.78, 5) is 23.1. The molecule has 1 saturated heterocycles. The lowest BCUT2D eigenvalue weighted by Gasteiger charge is -2.33. The third-order valence-electron chi connectivity index (χ3n) is 4.41. The average molecular weight is 310 g/mol. The number of amides is 1. The highest BCUT2D eigenvalue weighted by Gasteiger charge is 2.27. The second-order valence-electron chi connectivity index (χ2n) is 5.96. The minimum absolute atomic E-state index is 0.0544. The average Bonchev–Trinajstić information content (AvgIpc) is 3.22. The van der Waals surface area contributed by atoms with Crippen molar-refractivity contribution in [2.75, 3.05) is 13.1 Å². The Bertz CT molecular complexity index is 851. The number of imidazole rings is 1. The van der Waals surface area contributed by atoms with Gasteiger partial charge in [0.15, 0.2) is 0 Å². The fourth-order valence-corrected chi connectivity index (χ4v) is 3.30. The summed E-state index contributed by atoms with van der Waals surface area (Å²) in [7, 11) is 1.82. The number of carbonyl (C=O) groups excluding carboxylic acids is 1. The Hall–Kier alpha value is -2.70. The van der Waals surface area contributed by atoms with Crippen molar-refractivity contribution in [3.05, 3.63) is 48.3 Å². The molecule has 0 N–H and O–H groups in total. The lowest BCUT2D eigenvalue weighted by molar-refractivity contribution is 0.0705. The number of rotatable bonds is 2. The van der Waals surface area contributed by atoms with E-state index in [1.54, 1.807) is 29.5 Å². The topological polar surface area (TPSA) is 68.3 Å². The summed E-state index contributed by atoms with van der Waals surface area (Å²) < 4.78 is 3.68. The van der Waals surface area contributed by atoms with E-state index >= 15 is 0 Å². The van der Waals surface area contributed by atoms with Gasteiger partial charge in [-0.3, -0.25) is 13.9 Å². The number of fused-ring (bicyclic) bond motifs is 1. The van der Waals surface area contributed by atoms with Crippen molar-refractivity contribution < 1.29 is 4.79 Å². The van der Waals surface area contributed by atoms with E-state index in [0.717, 1.165) is 25.1 Å². The quantitative estimate of drug-likeness (QED) is 0.719. The summed E-state index contributed by atoms with van der Waals surface area (Å²) in [6.07, 6.45) is 10.9. The molecule has 3 aromatic rings. The van der Waals surface area contributed by atoms with E-state index in [4.69, 9.17) is 0 Å². The molecule has 0 bridgehead atoms. The molecule has 1 aliphatic rings. The van der Waals surface area contributed by atoms with Crippen molar-refractivity contribution in [1.29, 1.82) is 0 Å². The molecule has 0 radical (unpaired) electrons. The molecule has 118 valence electrons. The first kappa shape index (κ1) is 13.9. The van der Waals surface area contributed by atoms with Crippen LogP contribution in [0.4, 0.5) is 0 Å². The van der Waals surface area contributed by atoms with Crippen molar-refractivity contribution in [3.8, 4) is 0 Å². The fraction of sp³-hybridized carbons (Fsp3) is 0.375. The van der Waals surface area contributed by atoms with Crippen LogP contribution < -0.4 is 0 Å². The number of nitrogens with zero attached hydrogens (tertiary/aromatic N) is 6. The summed E-state index contributed by atoms with van der Waals surface area (Å²) in [5, 5.41) is 4.09. The molecule has 23 heavy (non-hydrogen) atoms. The third kappa shape index (κ3) is 2.48. The second-order valence-corrected chi connectivity index (χ2v) is 5.96. The van der Waals surface area contributed by atoms with Gasteiger partial charge < -0.3 is 4.90 Å². The van der Waals surface area contributed by atoms with Crippen LogP contribution in [0.5, 0.6) is 0 Å². The zero-order valence-electron chi connectivity index (χ0n) is 13.0. The number of aryl methyl sites for hydroxylation is 1. The van der Waals surface area contributed by atoms with Gasteiger partial charge in [-0.1, -0.05) is 0 Å². The number of hydrogen-bond donors (Lipinski definition) is 0. The number of carbonyl (C=O) groups is 1. The van der Waals surface area contributed by atoms with Crippen molar-refractivity contribution in [2.45, 2.75) is 18.8 Å². The van der Waals surface area contributed by atoms with E-state index in [1.165, 1.54) is 0 Å². The summed E-state index contributed by atoms with van der Waals surface area (Å²) in [6, 6.07) is 2.03. The van der Waals surface area contributed by atoms with Crippen LogP contribution in [0.1, 0.15) is 34.8 Å². The van der Waals surface area contributed by atoms with Gasteiger partial charge >= 0.3 is 0 Å². The van der Waals surface area contributed by atoms with E-state index in [2.05, 4.69) is 15.1 Å². The smallest absolute Gasteiger partial charge is 0.257 e. The lowest BCUT2D eigenvalue weighted by Crippen LogP contribution is -2.39. The van der Waals surface area contributed by atoms with Gasteiger partial charge in [-0.05, 0) is 18.9 Å². The Morgan fingerprint density at radius 1 is 1.30 bits per heavy atom.